The molecule has 0 spiro atoms. The van der Waals surface area contributed by atoms with Gasteiger partial charge in [-0.1, -0.05) is 54.6 Å². The van der Waals surface area contributed by atoms with E-state index in [9.17, 15) is 39.3 Å². The first-order chi connectivity index (χ1) is 21.7. The average molecular weight is 611 g/mol. The van der Waals surface area contributed by atoms with Crippen LogP contribution in [-0.4, -0.2) is 64.0 Å². The number of phenols is 1. The molecule has 2 amide bonds. The summed E-state index contributed by atoms with van der Waals surface area (Å²) >= 11 is 0. The van der Waals surface area contributed by atoms with Gasteiger partial charge in [0.1, 0.15) is 0 Å². The minimum absolute atomic E-state index is 0.0763. The molecule has 0 saturated carbocycles. The molecule has 2 fully saturated rings. The van der Waals surface area contributed by atoms with Crippen molar-refractivity contribution in [2.75, 3.05) is 11.5 Å². The van der Waals surface area contributed by atoms with E-state index in [1.54, 1.807) is 12.1 Å². The third kappa shape index (κ3) is 5.99. The number of nitrogens with zero attached hydrogens (tertiary/aromatic N) is 1. The lowest BCUT2D eigenvalue weighted by Crippen LogP contribution is -2.46. The molecule has 6 rings (SSSR count). The van der Waals surface area contributed by atoms with Gasteiger partial charge in [0.2, 0.25) is 11.8 Å². The van der Waals surface area contributed by atoms with Crippen LogP contribution in [-0.2, 0) is 14.2 Å². The normalized spacial score (nSPS) is 23.4. The molecule has 3 aromatic rings. The number of amides is 2. The van der Waals surface area contributed by atoms with E-state index in [0.717, 1.165) is 21.6 Å². The highest BCUT2D eigenvalue weighted by molar-refractivity contribution is 6.58. The summed E-state index contributed by atoms with van der Waals surface area (Å²) < 4.78 is 20.2. The summed E-state index contributed by atoms with van der Waals surface area (Å²) in [4.78, 5) is 28.6. The van der Waals surface area contributed by atoms with Crippen LogP contribution in [0.5, 0.6) is 5.75 Å². The number of hydrogen-bond acceptors (Lipinski definition) is 8. The van der Waals surface area contributed by atoms with E-state index in [1.165, 1.54) is 30.3 Å². The molecule has 5 N–H and O–H groups in total. The fourth-order valence-electron chi connectivity index (χ4n) is 7.04. The number of halogens is 1. The van der Waals surface area contributed by atoms with Gasteiger partial charge in [-0.25, -0.2) is 4.39 Å². The number of hydrogen-bond donors (Lipinski definition) is 5. The Bertz CT molecular complexity index is 1680. The standard InChI is InChI=1S/C33H32B2FNO8/c36-27-14-19(9-11-28(27)39)13-21(20-5-2-1-3-6-20)10-12-29-30-22(18-38)15-25-31(26(30)17-34(42)45-29)33(41)37(32(25)40)24-8-4-7-23(16-24)35(43)44/h1-9,11,13-14,16,25-26,29,31,38-39,42-44H,10,12,15,17-18H2/b21-13-/t25-,26+,29-,31-/m1/s1. The number of allylic oxidation sites excluding steroid dienone is 1. The van der Waals surface area contributed by atoms with Crippen LogP contribution in [0, 0.1) is 23.6 Å². The second-order valence-corrected chi connectivity index (χ2v) is 11.7. The molecule has 2 heterocycles. The van der Waals surface area contributed by atoms with Crippen LogP contribution in [0.2, 0.25) is 6.32 Å². The van der Waals surface area contributed by atoms with Crippen LogP contribution in [0.4, 0.5) is 10.1 Å². The van der Waals surface area contributed by atoms with Crippen molar-refractivity contribution >= 4 is 48.9 Å². The zero-order valence-electron chi connectivity index (χ0n) is 24.3. The fourth-order valence-corrected chi connectivity index (χ4v) is 7.04. The van der Waals surface area contributed by atoms with Gasteiger partial charge in [-0.3, -0.25) is 14.5 Å². The van der Waals surface area contributed by atoms with Gasteiger partial charge in [-0.05, 0) is 89.1 Å². The predicted molar refractivity (Wildman–Crippen MR) is 167 cm³/mol. The van der Waals surface area contributed by atoms with Gasteiger partial charge in [0.05, 0.1) is 30.2 Å². The molecule has 2 saturated heterocycles. The zero-order valence-corrected chi connectivity index (χ0v) is 24.3. The average Bonchev–Trinajstić information content (AvgIpc) is 3.29. The lowest BCUT2D eigenvalue weighted by molar-refractivity contribution is -0.122. The number of phenolic OH excluding ortho intramolecular Hbond substituents is 1. The number of fused-ring (bicyclic) bond motifs is 3. The molecule has 0 radical (unpaired) electrons. The van der Waals surface area contributed by atoms with Crippen molar-refractivity contribution in [2.45, 2.75) is 31.7 Å². The van der Waals surface area contributed by atoms with Gasteiger partial charge < -0.3 is 29.9 Å². The monoisotopic (exact) mass is 611 g/mol. The Balaban J connectivity index is 1.31. The molecule has 4 atom stereocenters. The summed E-state index contributed by atoms with van der Waals surface area (Å²) in [7, 11) is -2.98. The summed E-state index contributed by atoms with van der Waals surface area (Å²) in [6.45, 7) is -0.340. The topological polar surface area (TPSA) is 148 Å². The van der Waals surface area contributed by atoms with E-state index >= 15 is 0 Å². The van der Waals surface area contributed by atoms with Crippen LogP contribution in [0.15, 0.2) is 83.9 Å². The zero-order chi connectivity index (χ0) is 31.8. The van der Waals surface area contributed by atoms with Crippen LogP contribution >= 0.6 is 0 Å². The summed E-state index contributed by atoms with van der Waals surface area (Å²) in [5, 5.41) is 50.2. The summed E-state index contributed by atoms with van der Waals surface area (Å²) in [6.07, 6.45) is 2.19. The number of benzene rings is 3. The van der Waals surface area contributed by atoms with Crippen molar-refractivity contribution in [3.63, 3.8) is 0 Å². The highest BCUT2D eigenvalue weighted by Crippen LogP contribution is 2.51. The number of rotatable bonds is 8. The number of carbonyl (C=O) groups excluding carboxylic acids is 2. The molecular formula is C33H32B2FNO8. The van der Waals surface area contributed by atoms with Crippen LogP contribution in [0.1, 0.15) is 30.4 Å². The first-order valence-corrected chi connectivity index (χ1v) is 14.9. The summed E-state index contributed by atoms with van der Waals surface area (Å²) in [5.41, 5.74) is 3.98. The van der Waals surface area contributed by atoms with Crippen molar-refractivity contribution in [3.05, 3.63) is 101 Å². The third-order valence-corrected chi connectivity index (χ3v) is 9.06. The van der Waals surface area contributed by atoms with Crippen molar-refractivity contribution in [1.82, 2.24) is 0 Å². The molecule has 2 aliphatic heterocycles. The molecule has 0 unspecified atom stereocenters. The van der Waals surface area contributed by atoms with E-state index in [1.807, 2.05) is 36.4 Å². The quantitative estimate of drug-likeness (QED) is 0.113. The molecule has 12 heteroatoms. The van der Waals surface area contributed by atoms with Crippen LogP contribution in [0.25, 0.3) is 11.6 Å². The SMILES string of the molecule is O=C1[C@@H]2[C@@H](CC(CO)=C3[C@@H](CC/C(=C/c4ccc(O)c(F)c4)c4ccccc4)OB(O)C[C@@H]32)C(=O)N1c1cccc(B(O)O)c1. The second kappa shape index (κ2) is 12.7. The van der Waals surface area contributed by atoms with Crippen molar-refractivity contribution in [2.24, 2.45) is 17.8 Å². The van der Waals surface area contributed by atoms with E-state index in [0.29, 0.717) is 24.0 Å². The van der Waals surface area contributed by atoms with Gasteiger partial charge in [-0.2, -0.15) is 0 Å². The Morgan fingerprint density at radius 2 is 1.80 bits per heavy atom. The molecule has 230 valence electrons. The highest BCUT2D eigenvalue weighted by atomic mass is 19.1. The summed E-state index contributed by atoms with van der Waals surface area (Å²) in [6, 6.07) is 19.6. The van der Waals surface area contributed by atoms with Gasteiger partial charge in [-0.15, -0.1) is 0 Å². The van der Waals surface area contributed by atoms with Gasteiger partial charge in [0, 0.05) is 0 Å². The van der Waals surface area contributed by atoms with Gasteiger partial charge in [0.25, 0.3) is 0 Å². The smallest absolute Gasteiger partial charge is 0.488 e. The van der Waals surface area contributed by atoms with Gasteiger partial charge >= 0.3 is 14.2 Å². The molecule has 0 bridgehead atoms. The number of aliphatic hydroxyl groups excluding tert-OH is 1. The predicted octanol–water partition coefficient (Wildman–Crippen LogP) is 2.53. The molecule has 9 nitrogen and oxygen atoms in total. The first-order valence-electron chi connectivity index (χ1n) is 14.9. The van der Waals surface area contributed by atoms with E-state index in [-0.39, 0.29) is 30.5 Å². The summed E-state index contributed by atoms with van der Waals surface area (Å²) in [5.74, 6) is -4.14. The van der Waals surface area contributed by atoms with Crippen LogP contribution < -0.4 is 10.4 Å². The second-order valence-electron chi connectivity index (χ2n) is 11.7. The lowest BCUT2D eigenvalue weighted by atomic mass is 9.58. The molecule has 45 heavy (non-hydrogen) atoms. The Morgan fingerprint density at radius 3 is 2.51 bits per heavy atom. The fraction of sp³-hybridized carbons (Fsp3) is 0.273. The number of carbonyl (C=O) groups is 2. The Labute approximate surface area is 260 Å². The molecule has 1 aliphatic carbocycles. The first kappa shape index (κ1) is 30.9. The Kier molecular flexibility index (Phi) is 8.76. The number of anilines is 1. The maximum atomic E-state index is 14.1. The minimum Gasteiger partial charge on any atom is -0.505 e. The van der Waals surface area contributed by atoms with Crippen molar-refractivity contribution < 1.29 is 43.9 Å². The van der Waals surface area contributed by atoms with E-state index < -0.39 is 61.5 Å². The Morgan fingerprint density at radius 1 is 1.02 bits per heavy atom. The van der Waals surface area contributed by atoms with Crippen LogP contribution in [0.3, 0.4) is 0 Å². The minimum atomic E-state index is -1.77. The van der Waals surface area contributed by atoms with Crippen molar-refractivity contribution in [1.29, 1.82) is 0 Å². The third-order valence-electron chi connectivity index (χ3n) is 9.06. The highest BCUT2D eigenvalue weighted by Gasteiger charge is 2.57. The molecule has 3 aliphatic rings. The number of imide groups is 1. The van der Waals surface area contributed by atoms with E-state index in [2.05, 4.69) is 0 Å². The molecule has 0 aromatic heterocycles. The van der Waals surface area contributed by atoms with Gasteiger partial charge in [0.15, 0.2) is 11.6 Å². The number of aromatic hydroxyl groups is 1. The largest absolute Gasteiger partial charge is 0.505 e. The van der Waals surface area contributed by atoms with E-state index in [4.69, 9.17) is 4.65 Å². The Hall–Kier alpha value is -4.06. The molecule has 3 aromatic carbocycles. The maximum absolute atomic E-state index is 14.1. The van der Waals surface area contributed by atoms with Crippen molar-refractivity contribution in [3.8, 4) is 5.75 Å². The number of aliphatic hydroxyl groups is 1. The maximum Gasteiger partial charge on any atom is 0.488 e. The lowest BCUT2D eigenvalue weighted by Gasteiger charge is -2.43. The molecular weight excluding hydrogens is 579 g/mol.